The van der Waals surface area contributed by atoms with Gasteiger partial charge >= 0.3 is 11.9 Å². The second kappa shape index (κ2) is 13.0. The minimum atomic E-state index is -1.27. The Balaban J connectivity index is 1.51. The lowest BCUT2D eigenvalue weighted by molar-refractivity contribution is -0.143. The summed E-state index contributed by atoms with van der Waals surface area (Å²) in [4.78, 5) is 73.0. The van der Waals surface area contributed by atoms with E-state index in [0.717, 1.165) is 0 Å². The first kappa shape index (κ1) is 27.8. The number of carbonyl (C=O) groups is 6. The summed E-state index contributed by atoms with van der Waals surface area (Å²) >= 11 is 0. The quantitative estimate of drug-likeness (QED) is 0.211. The van der Waals surface area contributed by atoms with Crippen LogP contribution in [0.3, 0.4) is 0 Å². The zero-order valence-corrected chi connectivity index (χ0v) is 20.3. The molecule has 6 N–H and O–H groups in total. The van der Waals surface area contributed by atoms with Gasteiger partial charge in [-0.25, -0.2) is 9.59 Å². The van der Waals surface area contributed by atoms with Crippen molar-refractivity contribution in [3.8, 4) is 0 Å². The van der Waals surface area contributed by atoms with Crippen LogP contribution in [0.4, 0.5) is 0 Å². The highest BCUT2D eigenvalue weighted by atomic mass is 16.4. The maximum Gasteiger partial charge on any atom is 0.326 e. The van der Waals surface area contributed by atoms with E-state index in [9.17, 15) is 39.0 Å². The van der Waals surface area contributed by atoms with E-state index < -0.39 is 72.6 Å². The number of carbonyl (C=O) groups excluding carboxylic acids is 4. The van der Waals surface area contributed by atoms with Crippen molar-refractivity contribution in [1.29, 1.82) is 0 Å². The van der Waals surface area contributed by atoms with Crippen LogP contribution in [-0.2, 0) is 41.6 Å². The normalized spacial score (nSPS) is 18.3. The largest absolute Gasteiger partial charge is 0.480 e. The van der Waals surface area contributed by atoms with Gasteiger partial charge in [0, 0.05) is 12.8 Å². The van der Waals surface area contributed by atoms with Crippen LogP contribution < -0.4 is 21.3 Å². The maximum absolute atomic E-state index is 12.5. The first-order valence-corrected chi connectivity index (χ1v) is 11.8. The Morgan fingerprint density at radius 1 is 0.658 bits per heavy atom. The lowest BCUT2D eigenvalue weighted by Gasteiger charge is -2.29. The average Bonchev–Trinajstić information content (AvgIpc) is 2.87. The number of amides is 4. The molecule has 0 bridgehead atoms. The number of carboxylic acid groups (broad SMARTS) is 2. The van der Waals surface area contributed by atoms with Crippen LogP contribution in [0.2, 0.25) is 0 Å². The van der Waals surface area contributed by atoms with Crippen LogP contribution >= 0.6 is 0 Å². The van der Waals surface area contributed by atoms with E-state index in [1.807, 2.05) is 0 Å². The van der Waals surface area contributed by atoms with Crippen LogP contribution in [0.5, 0.6) is 0 Å². The molecule has 1 saturated heterocycles. The van der Waals surface area contributed by atoms with E-state index in [-0.39, 0.29) is 12.8 Å². The van der Waals surface area contributed by atoms with Gasteiger partial charge in [-0.15, -0.1) is 0 Å². The molecule has 12 heteroatoms. The molecule has 0 unspecified atom stereocenters. The minimum Gasteiger partial charge on any atom is -0.480 e. The highest BCUT2D eigenvalue weighted by Gasteiger charge is 2.37. The van der Waals surface area contributed by atoms with Gasteiger partial charge in [0.05, 0.1) is 12.8 Å². The van der Waals surface area contributed by atoms with Crippen LogP contribution in [0.25, 0.3) is 0 Å². The Hall–Kier alpha value is -4.74. The van der Waals surface area contributed by atoms with Gasteiger partial charge in [-0.1, -0.05) is 60.7 Å². The number of benzene rings is 2. The van der Waals surface area contributed by atoms with Crippen LogP contribution in [0.1, 0.15) is 24.0 Å². The van der Waals surface area contributed by atoms with Gasteiger partial charge in [0.15, 0.2) is 0 Å². The number of hydrogen-bond acceptors (Lipinski definition) is 6. The standard InChI is InChI=1S/C26H28N4O8/c31-21(27-19(25(35)36)11-15-7-3-1-4-8-15)13-17-23(33)30-18(24(34)29-17)14-22(32)28-20(26(37)38)12-16-9-5-2-6-10-16/h1-10,17-20H,11-14H2,(H,27,31)(H,28,32)(H,29,34)(H,30,33)(H,35,36)(H,37,38)/t17-,18-,19-,20-/m0/s1. The van der Waals surface area contributed by atoms with Gasteiger partial charge in [0.25, 0.3) is 0 Å². The molecule has 0 aliphatic carbocycles. The maximum atomic E-state index is 12.5. The summed E-state index contributed by atoms with van der Waals surface area (Å²) < 4.78 is 0. The third-order valence-corrected chi connectivity index (χ3v) is 5.88. The number of hydrogen-bond donors (Lipinski definition) is 6. The van der Waals surface area contributed by atoms with E-state index in [0.29, 0.717) is 11.1 Å². The van der Waals surface area contributed by atoms with Crippen molar-refractivity contribution in [2.24, 2.45) is 0 Å². The predicted octanol–water partition coefficient (Wildman–Crippen LogP) is -0.626. The molecule has 0 spiro atoms. The van der Waals surface area contributed by atoms with Crippen LogP contribution in [0.15, 0.2) is 60.7 Å². The molecule has 4 atom stereocenters. The molecule has 1 aliphatic heterocycles. The summed E-state index contributed by atoms with van der Waals surface area (Å²) in [6, 6.07) is 12.4. The topological polar surface area (TPSA) is 191 Å². The summed E-state index contributed by atoms with van der Waals surface area (Å²) in [5.41, 5.74) is 1.39. The Morgan fingerprint density at radius 2 is 1.00 bits per heavy atom. The molecule has 200 valence electrons. The monoisotopic (exact) mass is 524 g/mol. The molecular formula is C26H28N4O8. The third kappa shape index (κ3) is 8.15. The summed E-state index contributed by atoms with van der Waals surface area (Å²) in [5, 5.41) is 28.3. The van der Waals surface area contributed by atoms with E-state index in [1.165, 1.54) is 0 Å². The van der Waals surface area contributed by atoms with Gasteiger partial charge in [-0.2, -0.15) is 0 Å². The third-order valence-electron chi connectivity index (χ3n) is 5.88. The zero-order chi connectivity index (χ0) is 27.7. The summed E-state index contributed by atoms with van der Waals surface area (Å²) in [7, 11) is 0. The second-order valence-corrected chi connectivity index (χ2v) is 8.83. The molecule has 1 aliphatic rings. The Kier molecular flexibility index (Phi) is 9.52. The molecule has 4 amide bonds. The van der Waals surface area contributed by atoms with Crippen molar-refractivity contribution in [2.45, 2.75) is 49.9 Å². The Bertz CT molecular complexity index is 1090. The van der Waals surface area contributed by atoms with E-state index in [1.54, 1.807) is 60.7 Å². The van der Waals surface area contributed by atoms with Crippen LogP contribution in [-0.4, -0.2) is 69.9 Å². The van der Waals surface area contributed by atoms with E-state index in [2.05, 4.69) is 21.3 Å². The molecule has 2 aromatic rings. The first-order chi connectivity index (χ1) is 18.1. The fourth-order valence-electron chi connectivity index (χ4n) is 3.94. The summed E-state index contributed by atoms with van der Waals surface area (Å²) in [6.45, 7) is 0. The highest BCUT2D eigenvalue weighted by Crippen LogP contribution is 2.09. The lowest BCUT2D eigenvalue weighted by atomic mass is 10.0. The Morgan fingerprint density at radius 3 is 1.32 bits per heavy atom. The fourth-order valence-corrected chi connectivity index (χ4v) is 3.94. The summed E-state index contributed by atoms with van der Waals surface area (Å²) in [5.74, 6) is -5.47. The van der Waals surface area contributed by atoms with Crippen molar-refractivity contribution in [3.05, 3.63) is 71.8 Å². The average molecular weight is 525 g/mol. The number of piperazine rings is 1. The fraction of sp³-hybridized carbons (Fsp3) is 0.308. The second-order valence-electron chi connectivity index (χ2n) is 8.83. The van der Waals surface area contributed by atoms with Gasteiger partial charge < -0.3 is 31.5 Å². The summed E-state index contributed by atoms with van der Waals surface area (Å²) in [6.07, 6.45) is -0.950. The molecular weight excluding hydrogens is 496 g/mol. The molecule has 2 aromatic carbocycles. The molecule has 0 aromatic heterocycles. The minimum absolute atomic E-state index is 0.0317. The number of aliphatic carboxylic acids is 2. The number of carboxylic acids is 2. The smallest absolute Gasteiger partial charge is 0.326 e. The first-order valence-electron chi connectivity index (χ1n) is 11.8. The van der Waals surface area contributed by atoms with Gasteiger partial charge in [0.1, 0.15) is 24.2 Å². The van der Waals surface area contributed by atoms with E-state index >= 15 is 0 Å². The van der Waals surface area contributed by atoms with Gasteiger partial charge in [-0.3, -0.25) is 19.2 Å². The van der Waals surface area contributed by atoms with E-state index in [4.69, 9.17) is 0 Å². The van der Waals surface area contributed by atoms with Gasteiger partial charge in [0.2, 0.25) is 23.6 Å². The van der Waals surface area contributed by atoms with Crippen molar-refractivity contribution >= 4 is 35.6 Å². The molecule has 1 heterocycles. The highest BCUT2D eigenvalue weighted by molar-refractivity contribution is 6.01. The molecule has 0 saturated carbocycles. The molecule has 0 radical (unpaired) electrons. The lowest BCUT2D eigenvalue weighted by Crippen LogP contribution is -2.63. The molecule has 1 fully saturated rings. The Labute approximate surface area is 217 Å². The molecule has 38 heavy (non-hydrogen) atoms. The zero-order valence-electron chi connectivity index (χ0n) is 20.3. The van der Waals surface area contributed by atoms with Crippen molar-refractivity contribution in [3.63, 3.8) is 0 Å². The van der Waals surface area contributed by atoms with Crippen molar-refractivity contribution < 1.29 is 39.0 Å². The molecule has 3 rings (SSSR count). The van der Waals surface area contributed by atoms with Crippen LogP contribution in [0, 0.1) is 0 Å². The van der Waals surface area contributed by atoms with Crippen molar-refractivity contribution in [1.82, 2.24) is 21.3 Å². The predicted molar refractivity (Wildman–Crippen MR) is 133 cm³/mol. The van der Waals surface area contributed by atoms with Gasteiger partial charge in [-0.05, 0) is 11.1 Å². The SMILES string of the molecule is O=C(C[C@@H]1NC(=O)[C@H](CC(=O)N[C@@H](Cc2ccccc2)C(=O)O)NC1=O)N[C@@H](Cc1ccccc1)C(=O)O. The van der Waals surface area contributed by atoms with Crippen molar-refractivity contribution in [2.75, 3.05) is 0 Å². The number of rotatable bonds is 12. The number of nitrogens with one attached hydrogen (secondary N) is 4. The molecule has 12 nitrogen and oxygen atoms in total.